The Labute approximate surface area is 84.9 Å². The number of halogens is 4. The first-order valence-corrected chi connectivity index (χ1v) is 4.29. The second kappa shape index (κ2) is 4.35. The van der Waals surface area contributed by atoms with Gasteiger partial charge in [-0.3, -0.25) is 4.79 Å². The van der Waals surface area contributed by atoms with Gasteiger partial charge in [-0.1, -0.05) is 23.2 Å². The largest absolute Gasteiger partial charge is 0.273 e. The van der Waals surface area contributed by atoms with Crippen molar-refractivity contribution < 1.29 is 4.79 Å². The summed E-state index contributed by atoms with van der Waals surface area (Å²) in [7, 11) is 0. The fourth-order valence-electron chi connectivity index (χ4n) is 0.0738. The van der Waals surface area contributed by atoms with E-state index in [9.17, 15) is 4.79 Å². The Balaban J connectivity index is 3.65. The number of carbonyl (C=O) groups excluding carboxylic acids is 1. The van der Waals surface area contributed by atoms with Crippen molar-refractivity contribution in [1.29, 1.82) is 0 Å². The quantitative estimate of drug-likeness (QED) is 0.389. The molecule has 0 aliphatic heterocycles. The van der Waals surface area contributed by atoms with Gasteiger partial charge in [-0.05, 0) is 0 Å². The monoisotopic (exact) mass is 379 g/mol. The van der Waals surface area contributed by atoms with Gasteiger partial charge in [0.15, 0.2) is 4.84 Å². The van der Waals surface area contributed by atoms with Gasteiger partial charge in [-0.25, -0.2) is 1.33 Å². The van der Waals surface area contributed by atoms with E-state index in [2.05, 4.69) is 0 Å². The van der Waals surface area contributed by atoms with E-state index in [-0.39, 0.29) is 5.91 Å². The predicted octanol–water partition coefficient (Wildman–Crippen LogP) is 2.32. The van der Waals surface area contributed by atoms with Gasteiger partial charge in [0.05, 0.1) is 45.7 Å². The molecule has 0 atom stereocenters. The number of nitrogens with zero attached hydrogens (tertiary/aromatic N) is 1. The molecular weight excluding hydrogens is 379 g/mol. The third-order valence-corrected chi connectivity index (χ3v) is 1.68. The highest BCUT2D eigenvalue weighted by molar-refractivity contribution is 14.2. The highest BCUT2D eigenvalue weighted by Gasteiger charge is 2.14. The van der Waals surface area contributed by atoms with Crippen molar-refractivity contribution in [2.75, 3.05) is 0 Å². The molecule has 0 rings (SSSR count). The van der Waals surface area contributed by atoms with Gasteiger partial charge in [0.2, 0.25) is 0 Å². The van der Waals surface area contributed by atoms with Crippen LogP contribution < -0.4 is 0 Å². The van der Waals surface area contributed by atoms with Crippen molar-refractivity contribution >= 4 is 74.8 Å². The van der Waals surface area contributed by atoms with Crippen LogP contribution in [-0.2, 0) is 4.79 Å². The molecule has 1 amide bonds. The molecular formula is C2HCl2I2NO. The summed E-state index contributed by atoms with van der Waals surface area (Å²) >= 11 is 13.9. The van der Waals surface area contributed by atoms with Crippen molar-refractivity contribution in [2.45, 2.75) is 4.84 Å². The van der Waals surface area contributed by atoms with E-state index >= 15 is 0 Å². The van der Waals surface area contributed by atoms with Crippen LogP contribution in [0.1, 0.15) is 0 Å². The van der Waals surface area contributed by atoms with Crippen LogP contribution in [0.25, 0.3) is 0 Å². The van der Waals surface area contributed by atoms with E-state index in [1.807, 2.05) is 0 Å². The summed E-state index contributed by atoms with van der Waals surface area (Å²) < 4.78 is 1.28. The Hall–Kier alpha value is 1.51. The third kappa shape index (κ3) is 3.52. The Kier molecular flexibility index (Phi) is 5.17. The van der Waals surface area contributed by atoms with E-state index in [1.54, 1.807) is 45.7 Å². The zero-order chi connectivity index (χ0) is 6.73. The average Bonchev–Trinajstić information content (AvgIpc) is 1.64. The normalized spacial score (nSPS) is 9.62. The molecule has 2 nitrogen and oxygen atoms in total. The van der Waals surface area contributed by atoms with Crippen molar-refractivity contribution in [3.63, 3.8) is 0 Å². The lowest BCUT2D eigenvalue weighted by molar-refractivity contribution is -0.119. The van der Waals surface area contributed by atoms with Crippen LogP contribution in [0.15, 0.2) is 0 Å². The lowest BCUT2D eigenvalue weighted by Crippen LogP contribution is -2.16. The minimum atomic E-state index is -0.941. The molecule has 0 aromatic heterocycles. The maximum atomic E-state index is 10.5. The van der Waals surface area contributed by atoms with Gasteiger partial charge in [-0.2, -0.15) is 0 Å². The van der Waals surface area contributed by atoms with Gasteiger partial charge in [-0.15, -0.1) is 0 Å². The van der Waals surface area contributed by atoms with Crippen molar-refractivity contribution in [3.05, 3.63) is 0 Å². The molecule has 0 saturated carbocycles. The summed E-state index contributed by atoms with van der Waals surface area (Å²) in [6.07, 6.45) is 0. The maximum absolute atomic E-state index is 10.5. The van der Waals surface area contributed by atoms with E-state index < -0.39 is 4.84 Å². The molecule has 0 N–H and O–H groups in total. The molecule has 0 aliphatic rings. The smallest absolute Gasteiger partial charge is 0.270 e. The molecule has 8 heavy (non-hydrogen) atoms. The number of alkyl halides is 2. The first kappa shape index (κ1) is 9.51. The summed E-state index contributed by atoms with van der Waals surface area (Å²) in [5.74, 6) is -0.311. The minimum absolute atomic E-state index is 0.311. The van der Waals surface area contributed by atoms with Crippen LogP contribution >= 0.6 is 68.9 Å². The maximum Gasteiger partial charge on any atom is 0.273 e. The highest BCUT2D eigenvalue weighted by atomic mass is 127. The fraction of sp³-hybridized carbons (Fsp3) is 0.500. The Bertz CT molecular complexity index is 86.0. The molecule has 0 aromatic rings. The van der Waals surface area contributed by atoms with Gasteiger partial charge in [0, 0.05) is 0 Å². The van der Waals surface area contributed by atoms with Crippen LogP contribution in [0.5, 0.6) is 0 Å². The molecule has 0 aliphatic carbocycles. The van der Waals surface area contributed by atoms with Crippen LogP contribution in [0.3, 0.4) is 0 Å². The lowest BCUT2D eigenvalue weighted by atomic mass is 10.8. The topological polar surface area (TPSA) is 20.3 Å². The number of rotatable bonds is 1. The zero-order valence-corrected chi connectivity index (χ0v) is 9.27. The van der Waals surface area contributed by atoms with Crippen LogP contribution in [-0.4, -0.2) is 12.1 Å². The third-order valence-electron chi connectivity index (χ3n) is 0.353. The molecule has 0 spiro atoms. The van der Waals surface area contributed by atoms with Crippen molar-refractivity contribution in [2.24, 2.45) is 0 Å². The number of hydrogen-bond donors (Lipinski definition) is 0. The Morgan fingerprint density at radius 3 is 1.88 bits per heavy atom. The van der Waals surface area contributed by atoms with E-state index in [0.29, 0.717) is 0 Å². The molecule has 48 valence electrons. The fourth-order valence-corrected chi connectivity index (χ4v) is 1.48. The van der Waals surface area contributed by atoms with Gasteiger partial charge in [0.25, 0.3) is 5.91 Å². The summed E-state index contributed by atoms with van der Waals surface area (Å²) in [6.45, 7) is 0. The molecule has 0 aromatic carbocycles. The molecule has 0 unspecified atom stereocenters. The van der Waals surface area contributed by atoms with Crippen LogP contribution in [0.4, 0.5) is 0 Å². The zero-order valence-electron chi connectivity index (χ0n) is 3.44. The average molecular weight is 380 g/mol. The Morgan fingerprint density at radius 2 is 1.88 bits per heavy atom. The minimum Gasteiger partial charge on any atom is -0.270 e. The molecule has 6 heteroatoms. The van der Waals surface area contributed by atoms with Gasteiger partial charge >= 0.3 is 0 Å². The van der Waals surface area contributed by atoms with E-state index in [1.165, 1.54) is 1.33 Å². The van der Waals surface area contributed by atoms with E-state index in [4.69, 9.17) is 23.2 Å². The summed E-state index contributed by atoms with van der Waals surface area (Å²) in [6, 6.07) is 0. The van der Waals surface area contributed by atoms with Gasteiger partial charge < -0.3 is 0 Å². The molecule has 0 fully saturated rings. The van der Waals surface area contributed by atoms with Gasteiger partial charge in [0.1, 0.15) is 0 Å². The molecule has 0 heterocycles. The van der Waals surface area contributed by atoms with E-state index in [0.717, 1.165) is 0 Å². The van der Waals surface area contributed by atoms with Crippen LogP contribution in [0.2, 0.25) is 0 Å². The number of hydrogen-bond acceptors (Lipinski definition) is 1. The molecule has 0 saturated heterocycles. The van der Waals surface area contributed by atoms with Crippen LogP contribution in [0, 0.1) is 0 Å². The lowest BCUT2D eigenvalue weighted by Gasteiger charge is -2.03. The van der Waals surface area contributed by atoms with Crippen molar-refractivity contribution in [3.8, 4) is 0 Å². The standard InChI is InChI=1S/C2HCl2I2NO/c3-1(4)2(8)7(5)6/h1H. The second-order valence-corrected chi connectivity index (χ2v) is 5.74. The molecule has 0 bridgehead atoms. The van der Waals surface area contributed by atoms with Crippen molar-refractivity contribution in [1.82, 2.24) is 1.33 Å². The number of carbonyl (C=O) groups is 1. The summed E-state index contributed by atoms with van der Waals surface area (Å²) in [4.78, 5) is 9.55. The predicted molar refractivity (Wildman–Crippen MR) is 50.4 cm³/mol. The second-order valence-electron chi connectivity index (χ2n) is 0.872. The summed E-state index contributed by atoms with van der Waals surface area (Å²) in [5.41, 5.74) is 0. The molecule has 0 radical (unpaired) electrons. The Morgan fingerprint density at radius 1 is 1.50 bits per heavy atom. The highest BCUT2D eigenvalue weighted by Crippen LogP contribution is 2.14. The first-order valence-electron chi connectivity index (χ1n) is 1.49. The summed E-state index contributed by atoms with van der Waals surface area (Å²) in [5, 5.41) is 0. The number of amides is 1. The SMILES string of the molecule is O=C(C(Cl)Cl)N(I)I. The first-order chi connectivity index (χ1) is 3.55.